The van der Waals surface area contributed by atoms with Crippen LogP contribution in [0.1, 0.15) is 48.9 Å². The third-order valence-corrected chi connectivity index (χ3v) is 6.67. The number of methoxy groups -OCH3 is 1. The zero-order chi connectivity index (χ0) is 21.6. The molecule has 3 N–H and O–H groups in total. The lowest BCUT2D eigenvalue weighted by molar-refractivity contribution is -0.928. The predicted molar refractivity (Wildman–Crippen MR) is 122 cm³/mol. The lowest BCUT2D eigenvalue weighted by Gasteiger charge is -2.40. The minimum atomic E-state index is -0.191. The van der Waals surface area contributed by atoms with Crippen LogP contribution in [-0.4, -0.2) is 38.1 Å². The maximum Gasteiger partial charge on any atom is 0.279 e. The molecule has 1 heterocycles. The molecule has 2 aromatic rings. The number of hydrogen-bond donors (Lipinski definition) is 3. The fourth-order valence-electron chi connectivity index (χ4n) is 5.08. The van der Waals surface area contributed by atoms with E-state index in [1.54, 1.807) is 55.6 Å². The Morgan fingerprint density at radius 1 is 0.903 bits per heavy atom. The molecule has 4 rings (SSSR count). The van der Waals surface area contributed by atoms with E-state index >= 15 is 0 Å². The summed E-state index contributed by atoms with van der Waals surface area (Å²) in [5.41, 5.74) is 1.97. The third-order valence-electron chi connectivity index (χ3n) is 6.67. The molecule has 0 aromatic heterocycles. The SMILES string of the molecule is COc1ccc(NC(=O)c2ccc(NC(=O)C[NH+]3CCC[C@H]4CCCC[C@@H]43)cc2)cc1. The normalized spacial score (nSPS) is 22.8. The summed E-state index contributed by atoms with van der Waals surface area (Å²) in [4.78, 5) is 26.6. The lowest BCUT2D eigenvalue weighted by atomic mass is 9.78. The second kappa shape index (κ2) is 9.96. The Labute approximate surface area is 184 Å². The highest BCUT2D eigenvalue weighted by Gasteiger charge is 2.37. The molecule has 2 amide bonds. The first kappa shape index (κ1) is 21.4. The Balaban J connectivity index is 1.30. The molecular weight excluding hydrogens is 390 g/mol. The molecular formula is C25H32N3O3+. The van der Waals surface area contributed by atoms with Crippen molar-refractivity contribution in [2.45, 2.75) is 44.6 Å². The number of quaternary nitrogens is 1. The van der Waals surface area contributed by atoms with Crippen molar-refractivity contribution in [1.29, 1.82) is 0 Å². The van der Waals surface area contributed by atoms with Gasteiger partial charge in [0.05, 0.1) is 19.7 Å². The predicted octanol–water partition coefficient (Wildman–Crippen LogP) is 3.12. The standard InChI is InChI=1S/C25H31N3O3/c1-31-22-14-12-21(13-15-22)27-25(30)19-8-10-20(11-9-19)26-24(29)17-28-16-4-6-18-5-2-3-7-23(18)28/h8-15,18,23H,2-7,16-17H2,1H3,(H,26,29)(H,27,30)/p+1/t18-,23+/m1/s1. The largest absolute Gasteiger partial charge is 0.497 e. The van der Waals surface area contributed by atoms with Crippen LogP contribution in [0.25, 0.3) is 0 Å². The summed E-state index contributed by atoms with van der Waals surface area (Å²) in [6.45, 7) is 1.62. The van der Waals surface area contributed by atoms with Crippen molar-refractivity contribution in [3.8, 4) is 5.75 Å². The van der Waals surface area contributed by atoms with Gasteiger partial charge >= 0.3 is 0 Å². The number of ether oxygens (including phenoxy) is 1. The molecule has 2 fully saturated rings. The maximum absolute atomic E-state index is 12.6. The molecule has 3 atom stereocenters. The van der Waals surface area contributed by atoms with Crippen molar-refractivity contribution in [3.63, 3.8) is 0 Å². The number of nitrogens with one attached hydrogen (secondary N) is 3. The highest BCUT2D eigenvalue weighted by atomic mass is 16.5. The Morgan fingerprint density at radius 3 is 2.29 bits per heavy atom. The van der Waals surface area contributed by atoms with Gasteiger partial charge in [-0.25, -0.2) is 0 Å². The molecule has 2 aliphatic rings. The summed E-state index contributed by atoms with van der Waals surface area (Å²) in [5, 5.41) is 5.87. The van der Waals surface area contributed by atoms with Crippen molar-refractivity contribution < 1.29 is 19.2 Å². The summed E-state index contributed by atoms with van der Waals surface area (Å²) < 4.78 is 5.13. The van der Waals surface area contributed by atoms with Crippen LogP contribution in [0.15, 0.2) is 48.5 Å². The summed E-state index contributed by atoms with van der Waals surface area (Å²) >= 11 is 0. The van der Waals surface area contributed by atoms with E-state index in [1.807, 2.05) is 0 Å². The molecule has 1 unspecified atom stereocenters. The molecule has 31 heavy (non-hydrogen) atoms. The van der Waals surface area contributed by atoms with Gasteiger partial charge in [0, 0.05) is 22.9 Å². The topological polar surface area (TPSA) is 71.9 Å². The molecule has 1 aliphatic carbocycles. The van der Waals surface area contributed by atoms with Crippen molar-refractivity contribution in [3.05, 3.63) is 54.1 Å². The average molecular weight is 423 g/mol. The summed E-state index contributed by atoms with van der Waals surface area (Å²) in [7, 11) is 1.61. The molecule has 1 saturated carbocycles. The van der Waals surface area contributed by atoms with E-state index in [9.17, 15) is 9.59 Å². The van der Waals surface area contributed by atoms with Crippen LogP contribution in [0.5, 0.6) is 5.75 Å². The molecule has 0 bridgehead atoms. The first-order valence-electron chi connectivity index (χ1n) is 11.3. The van der Waals surface area contributed by atoms with Crippen LogP contribution >= 0.6 is 0 Å². The van der Waals surface area contributed by atoms with E-state index in [4.69, 9.17) is 4.74 Å². The van der Waals surface area contributed by atoms with E-state index in [1.165, 1.54) is 43.4 Å². The van der Waals surface area contributed by atoms with E-state index in [-0.39, 0.29) is 11.8 Å². The quantitative estimate of drug-likeness (QED) is 0.670. The van der Waals surface area contributed by atoms with Gasteiger partial charge < -0.3 is 20.3 Å². The van der Waals surface area contributed by atoms with Gasteiger partial charge in [-0.1, -0.05) is 6.42 Å². The fourth-order valence-corrected chi connectivity index (χ4v) is 5.08. The number of hydrogen-bond acceptors (Lipinski definition) is 3. The number of anilines is 2. The lowest BCUT2D eigenvalue weighted by Crippen LogP contribution is -3.18. The zero-order valence-corrected chi connectivity index (χ0v) is 18.2. The number of likely N-dealkylation sites (tertiary alicyclic amines) is 1. The van der Waals surface area contributed by atoms with Gasteiger partial charge in [-0.2, -0.15) is 0 Å². The number of amides is 2. The molecule has 1 aliphatic heterocycles. The van der Waals surface area contributed by atoms with Crippen LogP contribution < -0.4 is 20.3 Å². The number of fused-ring (bicyclic) bond motifs is 1. The van der Waals surface area contributed by atoms with Crippen molar-refractivity contribution in [1.82, 2.24) is 0 Å². The molecule has 6 nitrogen and oxygen atoms in total. The first-order chi connectivity index (χ1) is 15.1. The summed E-state index contributed by atoms with van der Waals surface area (Å²) in [6.07, 6.45) is 7.78. The van der Waals surface area contributed by atoms with Crippen molar-refractivity contribution in [2.75, 3.05) is 30.8 Å². The minimum Gasteiger partial charge on any atom is -0.497 e. The molecule has 0 radical (unpaired) electrons. The Bertz CT molecular complexity index is 893. The second-order valence-corrected chi connectivity index (χ2v) is 8.69. The summed E-state index contributed by atoms with van der Waals surface area (Å²) in [5.74, 6) is 1.40. The highest BCUT2D eigenvalue weighted by molar-refractivity contribution is 6.04. The van der Waals surface area contributed by atoms with Gasteiger partial charge in [0.1, 0.15) is 5.75 Å². The van der Waals surface area contributed by atoms with Crippen LogP contribution in [-0.2, 0) is 4.79 Å². The van der Waals surface area contributed by atoms with E-state index in [0.29, 0.717) is 23.8 Å². The number of benzene rings is 2. The van der Waals surface area contributed by atoms with Crippen molar-refractivity contribution >= 4 is 23.2 Å². The van der Waals surface area contributed by atoms with Crippen LogP contribution in [0.3, 0.4) is 0 Å². The third kappa shape index (κ3) is 5.44. The summed E-state index contributed by atoms with van der Waals surface area (Å²) in [6, 6.07) is 14.9. The monoisotopic (exact) mass is 422 g/mol. The Kier molecular flexibility index (Phi) is 6.87. The van der Waals surface area contributed by atoms with E-state index in [0.717, 1.165) is 23.9 Å². The van der Waals surface area contributed by atoms with Crippen molar-refractivity contribution in [2.24, 2.45) is 5.92 Å². The maximum atomic E-state index is 12.6. The van der Waals surface area contributed by atoms with Crippen LogP contribution in [0, 0.1) is 5.92 Å². The van der Waals surface area contributed by atoms with Crippen LogP contribution in [0.4, 0.5) is 11.4 Å². The van der Waals surface area contributed by atoms with Gasteiger partial charge in [0.25, 0.3) is 11.8 Å². The van der Waals surface area contributed by atoms with E-state index in [2.05, 4.69) is 10.6 Å². The molecule has 1 saturated heterocycles. The Morgan fingerprint density at radius 2 is 1.55 bits per heavy atom. The average Bonchev–Trinajstić information content (AvgIpc) is 2.80. The van der Waals surface area contributed by atoms with Gasteiger partial charge in [-0.05, 0) is 80.6 Å². The molecule has 164 valence electrons. The zero-order valence-electron chi connectivity index (χ0n) is 18.2. The molecule has 2 aromatic carbocycles. The van der Waals surface area contributed by atoms with Gasteiger partial charge in [0.2, 0.25) is 0 Å². The fraction of sp³-hybridized carbons (Fsp3) is 0.440. The van der Waals surface area contributed by atoms with Gasteiger partial charge in [0.15, 0.2) is 6.54 Å². The number of piperidine rings is 1. The number of rotatable bonds is 6. The van der Waals surface area contributed by atoms with E-state index < -0.39 is 0 Å². The Hall–Kier alpha value is -2.86. The highest BCUT2D eigenvalue weighted by Crippen LogP contribution is 2.28. The van der Waals surface area contributed by atoms with Gasteiger partial charge in [-0.15, -0.1) is 0 Å². The first-order valence-corrected chi connectivity index (χ1v) is 11.3. The number of carbonyl (C=O) groups excluding carboxylic acids is 2. The minimum absolute atomic E-state index is 0.0525. The van der Waals surface area contributed by atoms with Gasteiger partial charge in [-0.3, -0.25) is 9.59 Å². The number of carbonyl (C=O) groups is 2. The van der Waals surface area contributed by atoms with Crippen LogP contribution in [0.2, 0.25) is 0 Å². The molecule has 0 spiro atoms. The second-order valence-electron chi connectivity index (χ2n) is 8.69. The smallest absolute Gasteiger partial charge is 0.279 e. The molecule has 6 heteroatoms.